The van der Waals surface area contributed by atoms with Crippen LogP contribution in [0.15, 0.2) is 54.7 Å². The summed E-state index contributed by atoms with van der Waals surface area (Å²) < 4.78 is 0. The van der Waals surface area contributed by atoms with E-state index >= 15 is 0 Å². The first kappa shape index (κ1) is 18.5. The highest BCUT2D eigenvalue weighted by atomic mass is 15.3. The number of anilines is 1. The first-order chi connectivity index (χ1) is 14.4. The maximum atomic E-state index is 5.01. The van der Waals surface area contributed by atoms with E-state index in [4.69, 9.17) is 4.98 Å². The third-order valence-electron chi connectivity index (χ3n) is 6.27. The summed E-state index contributed by atoms with van der Waals surface area (Å²) in [6, 6.07) is 16.8. The Hall–Kier alpha value is -2.50. The Morgan fingerprint density at radius 1 is 0.724 bits per heavy atom. The van der Waals surface area contributed by atoms with Crippen LogP contribution in [0.5, 0.6) is 0 Å². The fraction of sp³-hybridized carbons (Fsp3) is 0.417. The Morgan fingerprint density at radius 3 is 2.28 bits per heavy atom. The Balaban J connectivity index is 1.27. The molecule has 4 heterocycles. The Kier molecular flexibility index (Phi) is 5.41. The van der Waals surface area contributed by atoms with Gasteiger partial charge in [0.25, 0.3) is 0 Å². The smallest absolute Gasteiger partial charge is 0.129 e. The third kappa shape index (κ3) is 4.11. The second kappa shape index (κ2) is 8.47. The van der Waals surface area contributed by atoms with E-state index in [0.717, 1.165) is 54.2 Å². The van der Waals surface area contributed by atoms with Crippen LogP contribution in [0.25, 0.3) is 22.2 Å². The second-order valence-electron chi connectivity index (χ2n) is 8.14. The van der Waals surface area contributed by atoms with Gasteiger partial charge < -0.3 is 9.80 Å². The lowest BCUT2D eigenvalue weighted by atomic mass is 10.1. The molecule has 0 unspecified atom stereocenters. The maximum Gasteiger partial charge on any atom is 0.129 e. The molecule has 2 fully saturated rings. The van der Waals surface area contributed by atoms with Crippen molar-refractivity contribution in [2.45, 2.75) is 12.8 Å². The molecule has 0 amide bonds. The van der Waals surface area contributed by atoms with Crippen LogP contribution >= 0.6 is 0 Å². The molecule has 2 aromatic heterocycles. The van der Waals surface area contributed by atoms with Crippen molar-refractivity contribution in [3.05, 3.63) is 54.7 Å². The topological polar surface area (TPSA) is 35.5 Å². The molecule has 0 spiro atoms. The van der Waals surface area contributed by atoms with Gasteiger partial charge in [0, 0.05) is 56.4 Å². The van der Waals surface area contributed by atoms with Crippen LogP contribution < -0.4 is 4.90 Å². The van der Waals surface area contributed by atoms with Crippen LogP contribution in [-0.4, -0.2) is 72.1 Å². The van der Waals surface area contributed by atoms with E-state index in [1.54, 1.807) is 0 Å². The molecular weight excluding hydrogens is 358 g/mol. The molecule has 2 aliphatic heterocycles. The fourth-order valence-electron chi connectivity index (χ4n) is 4.55. The molecule has 0 bridgehead atoms. The quantitative estimate of drug-likeness (QED) is 0.669. The molecule has 29 heavy (non-hydrogen) atoms. The van der Waals surface area contributed by atoms with Gasteiger partial charge in [-0.05, 0) is 44.1 Å². The van der Waals surface area contributed by atoms with Crippen LogP contribution in [0.1, 0.15) is 12.8 Å². The van der Waals surface area contributed by atoms with Crippen LogP contribution in [0.3, 0.4) is 0 Å². The van der Waals surface area contributed by atoms with Gasteiger partial charge in [0.1, 0.15) is 5.82 Å². The molecule has 0 atom stereocenters. The van der Waals surface area contributed by atoms with Crippen LogP contribution in [-0.2, 0) is 0 Å². The van der Waals surface area contributed by atoms with Gasteiger partial charge in [-0.15, -0.1) is 0 Å². The fourth-order valence-corrected chi connectivity index (χ4v) is 4.55. The van der Waals surface area contributed by atoms with Gasteiger partial charge in [0.2, 0.25) is 0 Å². The van der Waals surface area contributed by atoms with Gasteiger partial charge in [0.05, 0.1) is 11.2 Å². The highest BCUT2D eigenvalue weighted by Gasteiger charge is 2.20. The number of aromatic nitrogens is 2. The lowest BCUT2D eigenvalue weighted by Crippen LogP contribution is -2.48. The zero-order valence-corrected chi connectivity index (χ0v) is 17.0. The standard InChI is InChI=1S/C24H29N5/c1-2-13-27(12-1)14-15-28-16-18-29(19-17-28)23-10-4-9-22(26-23)21-8-3-6-20-7-5-11-25-24(20)21/h3-11H,1-2,12-19H2. The molecule has 3 aromatic rings. The third-order valence-corrected chi connectivity index (χ3v) is 6.27. The zero-order valence-electron chi connectivity index (χ0n) is 17.0. The molecule has 2 saturated heterocycles. The lowest BCUT2D eigenvalue weighted by Gasteiger charge is -2.36. The van der Waals surface area contributed by atoms with E-state index in [1.165, 1.54) is 39.0 Å². The normalized spacial score (nSPS) is 18.6. The average molecular weight is 388 g/mol. The number of hydrogen-bond acceptors (Lipinski definition) is 5. The van der Waals surface area contributed by atoms with Crippen molar-refractivity contribution in [2.24, 2.45) is 0 Å². The van der Waals surface area contributed by atoms with Crippen molar-refractivity contribution in [1.82, 2.24) is 19.8 Å². The van der Waals surface area contributed by atoms with Gasteiger partial charge >= 0.3 is 0 Å². The summed E-state index contributed by atoms with van der Waals surface area (Å²) >= 11 is 0. The molecule has 0 aliphatic carbocycles. The van der Waals surface area contributed by atoms with E-state index in [9.17, 15) is 0 Å². The zero-order chi connectivity index (χ0) is 19.5. The summed E-state index contributed by atoms with van der Waals surface area (Å²) in [7, 11) is 0. The number of piperazine rings is 1. The van der Waals surface area contributed by atoms with Gasteiger partial charge in [0.15, 0.2) is 0 Å². The van der Waals surface area contributed by atoms with E-state index < -0.39 is 0 Å². The molecule has 2 aliphatic rings. The van der Waals surface area contributed by atoms with Crippen molar-refractivity contribution in [2.75, 3.05) is 57.3 Å². The predicted octanol–water partition coefficient (Wildman–Crippen LogP) is 3.51. The minimum Gasteiger partial charge on any atom is -0.354 e. The van der Waals surface area contributed by atoms with E-state index in [1.807, 2.05) is 12.3 Å². The number of hydrogen-bond donors (Lipinski definition) is 0. The molecule has 0 radical (unpaired) electrons. The number of benzene rings is 1. The Bertz CT molecular complexity index is 953. The summed E-state index contributed by atoms with van der Waals surface area (Å²) in [5, 5.41) is 1.16. The summed E-state index contributed by atoms with van der Waals surface area (Å²) in [6.07, 6.45) is 4.61. The van der Waals surface area contributed by atoms with E-state index in [2.05, 4.69) is 62.1 Å². The highest BCUT2D eigenvalue weighted by molar-refractivity contribution is 5.92. The van der Waals surface area contributed by atoms with Crippen LogP contribution in [0.2, 0.25) is 0 Å². The lowest BCUT2D eigenvalue weighted by molar-refractivity contribution is 0.215. The van der Waals surface area contributed by atoms with Crippen LogP contribution in [0.4, 0.5) is 5.82 Å². The predicted molar refractivity (Wildman–Crippen MR) is 119 cm³/mol. The number of nitrogens with zero attached hydrogens (tertiary/aromatic N) is 5. The average Bonchev–Trinajstić information content (AvgIpc) is 3.31. The largest absolute Gasteiger partial charge is 0.354 e. The van der Waals surface area contributed by atoms with Crippen molar-refractivity contribution in [1.29, 1.82) is 0 Å². The first-order valence-corrected chi connectivity index (χ1v) is 10.9. The van der Waals surface area contributed by atoms with Crippen molar-refractivity contribution in [3.63, 3.8) is 0 Å². The molecule has 0 N–H and O–H groups in total. The molecule has 5 heteroatoms. The molecule has 150 valence electrons. The van der Waals surface area contributed by atoms with Crippen LogP contribution in [0, 0.1) is 0 Å². The highest BCUT2D eigenvalue weighted by Crippen LogP contribution is 2.27. The Morgan fingerprint density at radius 2 is 1.45 bits per heavy atom. The number of likely N-dealkylation sites (tertiary alicyclic amines) is 1. The summed E-state index contributed by atoms with van der Waals surface area (Å²) in [4.78, 5) is 17.2. The van der Waals surface area contributed by atoms with E-state index in [-0.39, 0.29) is 0 Å². The van der Waals surface area contributed by atoms with E-state index in [0.29, 0.717) is 0 Å². The van der Waals surface area contributed by atoms with Gasteiger partial charge in [-0.25, -0.2) is 4.98 Å². The number of pyridine rings is 2. The minimum absolute atomic E-state index is 1.00. The molecular formula is C24H29N5. The molecule has 0 saturated carbocycles. The van der Waals surface area contributed by atoms with Crippen molar-refractivity contribution < 1.29 is 0 Å². The maximum absolute atomic E-state index is 5.01. The monoisotopic (exact) mass is 387 g/mol. The molecule has 5 nitrogen and oxygen atoms in total. The molecule has 5 rings (SSSR count). The number of rotatable bonds is 5. The molecule has 1 aromatic carbocycles. The van der Waals surface area contributed by atoms with Gasteiger partial charge in [-0.2, -0.15) is 0 Å². The summed E-state index contributed by atoms with van der Waals surface area (Å²) in [5.74, 6) is 1.08. The second-order valence-corrected chi connectivity index (χ2v) is 8.14. The number of fused-ring (bicyclic) bond motifs is 1. The number of para-hydroxylation sites is 1. The summed E-state index contributed by atoms with van der Waals surface area (Å²) in [5.41, 5.74) is 3.13. The van der Waals surface area contributed by atoms with Gasteiger partial charge in [-0.1, -0.05) is 30.3 Å². The van der Waals surface area contributed by atoms with Gasteiger partial charge in [-0.3, -0.25) is 9.88 Å². The SMILES string of the molecule is c1cc(-c2cccc3cccnc23)nc(N2CCN(CCN3CCCC3)CC2)c1. The summed E-state index contributed by atoms with van der Waals surface area (Å²) in [6.45, 7) is 9.34. The van der Waals surface area contributed by atoms with Crippen molar-refractivity contribution >= 4 is 16.7 Å². The Labute approximate surface area is 173 Å². The first-order valence-electron chi connectivity index (χ1n) is 10.9. The minimum atomic E-state index is 1.00. The van der Waals surface area contributed by atoms with Crippen molar-refractivity contribution in [3.8, 4) is 11.3 Å².